The molecule has 1 fully saturated rings. The summed E-state index contributed by atoms with van der Waals surface area (Å²) >= 11 is 0. The van der Waals surface area contributed by atoms with Gasteiger partial charge >= 0.3 is 0 Å². The second-order valence-electron chi connectivity index (χ2n) is 6.63. The lowest BCUT2D eigenvalue weighted by molar-refractivity contribution is 0.0609. The molecule has 0 bridgehead atoms. The molecule has 4 rings (SSSR count). The number of nitrogens with zero attached hydrogens (tertiary/aromatic N) is 4. The van der Waals surface area contributed by atoms with Gasteiger partial charge in [0.2, 0.25) is 0 Å². The van der Waals surface area contributed by atoms with Gasteiger partial charge in [0.15, 0.2) is 0 Å². The van der Waals surface area contributed by atoms with Crippen LogP contribution in [0.1, 0.15) is 41.2 Å². The summed E-state index contributed by atoms with van der Waals surface area (Å²) < 4.78 is 1.45. The van der Waals surface area contributed by atoms with Crippen molar-refractivity contribution in [1.29, 1.82) is 0 Å². The van der Waals surface area contributed by atoms with Crippen LogP contribution in [-0.2, 0) is 7.05 Å². The Hall–Kier alpha value is -3.02. The predicted molar refractivity (Wildman–Crippen MR) is 98.8 cm³/mol. The third-order valence-corrected chi connectivity index (χ3v) is 5.03. The lowest BCUT2D eigenvalue weighted by Gasteiger charge is -2.36. The third kappa shape index (κ3) is 2.77. The number of carbonyl (C=O) groups excluding carboxylic acids is 1. The zero-order valence-corrected chi connectivity index (χ0v) is 14.6. The van der Waals surface area contributed by atoms with E-state index in [1.165, 1.54) is 4.57 Å². The van der Waals surface area contributed by atoms with E-state index in [1.807, 2.05) is 23.1 Å². The highest BCUT2D eigenvalue weighted by molar-refractivity contribution is 5.97. The molecule has 6 heteroatoms. The number of carbonyl (C=O) groups is 1. The molecule has 3 aromatic rings. The quantitative estimate of drug-likeness (QED) is 0.714. The van der Waals surface area contributed by atoms with Crippen molar-refractivity contribution < 1.29 is 4.79 Å². The number of aryl methyl sites for hydroxylation is 1. The van der Waals surface area contributed by atoms with Gasteiger partial charge in [-0.1, -0.05) is 6.07 Å². The van der Waals surface area contributed by atoms with Crippen LogP contribution < -0.4 is 5.56 Å². The first-order valence-corrected chi connectivity index (χ1v) is 8.82. The zero-order valence-electron chi connectivity index (χ0n) is 14.6. The average Bonchev–Trinajstić information content (AvgIpc) is 2.71. The van der Waals surface area contributed by atoms with Crippen LogP contribution in [0.3, 0.4) is 0 Å². The average molecular weight is 348 g/mol. The van der Waals surface area contributed by atoms with Gasteiger partial charge < -0.3 is 4.90 Å². The molecule has 0 saturated carbocycles. The molecule has 0 radical (unpaired) electrons. The maximum Gasteiger partial charge on any atom is 0.264 e. The molecule has 6 nitrogen and oxygen atoms in total. The van der Waals surface area contributed by atoms with Crippen molar-refractivity contribution in [2.45, 2.75) is 25.3 Å². The van der Waals surface area contributed by atoms with E-state index in [9.17, 15) is 9.59 Å². The second kappa shape index (κ2) is 6.71. The van der Waals surface area contributed by atoms with Gasteiger partial charge in [-0.15, -0.1) is 0 Å². The maximum absolute atomic E-state index is 13.3. The second-order valence-corrected chi connectivity index (χ2v) is 6.63. The fourth-order valence-corrected chi connectivity index (χ4v) is 3.70. The minimum Gasteiger partial charge on any atom is -0.331 e. The molecule has 1 atom stereocenters. The standard InChI is InChI=1S/C20H20N4O2/c1-23-18-14(6-5-10-22-18)12-16(19(23)25)20(26)24-11-3-2-8-17(24)15-7-4-9-21-13-15/h4-7,9-10,12-13,17H,2-3,8,11H2,1H3/t17-/m1/s1. The van der Waals surface area contributed by atoms with Gasteiger partial charge in [0, 0.05) is 37.6 Å². The van der Waals surface area contributed by atoms with Gasteiger partial charge in [0.05, 0.1) is 6.04 Å². The van der Waals surface area contributed by atoms with Crippen molar-refractivity contribution in [2.75, 3.05) is 6.54 Å². The maximum atomic E-state index is 13.3. The van der Waals surface area contributed by atoms with Crippen LogP contribution in [-0.4, -0.2) is 31.9 Å². The van der Waals surface area contributed by atoms with Gasteiger partial charge in [0.25, 0.3) is 11.5 Å². The minimum absolute atomic E-state index is 0.0424. The summed E-state index contributed by atoms with van der Waals surface area (Å²) in [7, 11) is 1.66. The van der Waals surface area contributed by atoms with Crippen molar-refractivity contribution in [1.82, 2.24) is 19.4 Å². The monoisotopic (exact) mass is 348 g/mol. The molecule has 3 aromatic heterocycles. The number of fused-ring (bicyclic) bond motifs is 1. The number of likely N-dealkylation sites (tertiary alicyclic amines) is 1. The molecule has 0 unspecified atom stereocenters. The van der Waals surface area contributed by atoms with Crippen LogP contribution in [0, 0.1) is 0 Å². The Bertz CT molecular complexity index is 1010. The fraction of sp³-hybridized carbons (Fsp3) is 0.300. The van der Waals surface area contributed by atoms with E-state index in [0.29, 0.717) is 12.2 Å². The van der Waals surface area contributed by atoms with E-state index in [2.05, 4.69) is 9.97 Å². The van der Waals surface area contributed by atoms with E-state index >= 15 is 0 Å². The Labute approximate surface area is 151 Å². The normalized spacial score (nSPS) is 17.4. The van der Waals surface area contributed by atoms with Crippen molar-refractivity contribution in [3.8, 4) is 0 Å². The molecular weight excluding hydrogens is 328 g/mol. The number of aromatic nitrogens is 3. The summed E-state index contributed by atoms with van der Waals surface area (Å²) in [6.45, 7) is 0.645. The summed E-state index contributed by atoms with van der Waals surface area (Å²) in [5.74, 6) is -0.218. The lowest BCUT2D eigenvalue weighted by Crippen LogP contribution is -2.41. The van der Waals surface area contributed by atoms with Crippen LogP contribution in [0.25, 0.3) is 11.0 Å². The van der Waals surface area contributed by atoms with E-state index in [1.54, 1.807) is 37.8 Å². The molecule has 132 valence electrons. The molecular formula is C20H20N4O2. The smallest absolute Gasteiger partial charge is 0.264 e. The molecule has 0 aromatic carbocycles. The van der Waals surface area contributed by atoms with Gasteiger partial charge in [-0.2, -0.15) is 0 Å². The largest absolute Gasteiger partial charge is 0.331 e. The first-order valence-electron chi connectivity index (χ1n) is 8.82. The number of rotatable bonds is 2. The highest BCUT2D eigenvalue weighted by Gasteiger charge is 2.30. The highest BCUT2D eigenvalue weighted by atomic mass is 16.2. The number of piperidine rings is 1. The van der Waals surface area contributed by atoms with Crippen molar-refractivity contribution in [3.05, 3.63) is 70.4 Å². The fourth-order valence-electron chi connectivity index (χ4n) is 3.70. The Morgan fingerprint density at radius 1 is 1.19 bits per heavy atom. The van der Waals surface area contributed by atoms with Crippen LogP contribution in [0.5, 0.6) is 0 Å². The van der Waals surface area contributed by atoms with Gasteiger partial charge in [0.1, 0.15) is 11.2 Å². The molecule has 0 N–H and O–H groups in total. The summed E-state index contributed by atoms with van der Waals surface area (Å²) in [5.41, 5.74) is 1.48. The molecule has 1 saturated heterocycles. The summed E-state index contributed by atoms with van der Waals surface area (Å²) in [6.07, 6.45) is 8.06. The third-order valence-electron chi connectivity index (χ3n) is 5.03. The molecule has 1 aliphatic heterocycles. The molecule has 0 spiro atoms. The number of pyridine rings is 3. The Morgan fingerprint density at radius 2 is 2.04 bits per heavy atom. The van der Waals surface area contributed by atoms with Gasteiger partial charge in [-0.3, -0.25) is 19.1 Å². The van der Waals surface area contributed by atoms with E-state index in [-0.39, 0.29) is 23.1 Å². The first kappa shape index (κ1) is 16.4. The van der Waals surface area contributed by atoms with Crippen LogP contribution >= 0.6 is 0 Å². The molecule has 0 aliphatic carbocycles. The highest BCUT2D eigenvalue weighted by Crippen LogP contribution is 2.31. The predicted octanol–water partition coefficient (Wildman–Crippen LogP) is 2.70. The first-order chi connectivity index (χ1) is 12.7. The summed E-state index contributed by atoms with van der Waals surface area (Å²) in [4.78, 5) is 36.3. The molecule has 1 aliphatic rings. The topological polar surface area (TPSA) is 68.1 Å². The van der Waals surface area contributed by atoms with E-state index < -0.39 is 0 Å². The van der Waals surface area contributed by atoms with Crippen molar-refractivity contribution in [3.63, 3.8) is 0 Å². The van der Waals surface area contributed by atoms with E-state index in [4.69, 9.17) is 0 Å². The molecule has 26 heavy (non-hydrogen) atoms. The lowest BCUT2D eigenvalue weighted by atomic mass is 9.95. The minimum atomic E-state index is -0.309. The van der Waals surface area contributed by atoms with Crippen LogP contribution in [0.2, 0.25) is 0 Å². The summed E-state index contributed by atoms with van der Waals surface area (Å²) in [6, 6.07) is 9.17. The Morgan fingerprint density at radius 3 is 2.85 bits per heavy atom. The van der Waals surface area contributed by atoms with E-state index in [0.717, 1.165) is 30.2 Å². The molecule has 1 amide bonds. The summed E-state index contributed by atoms with van der Waals surface area (Å²) in [5, 5.41) is 0.785. The SMILES string of the molecule is Cn1c(=O)c(C(=O)N2CCCC[C@@H]2c2cccnc2)cc2cccnc21. The Kier molecular flexibility index (Phi) is 4.24. The molecule has 4 heterocycles. The van der Waals surface area contributed by atoms with Gasteiger partial charge in [-0.05, 0) is 49.1 Å². The van der Waals surface area contributed by atoms with Crippen molar-refractivity contribution in [2.24, 2.45) is 7.05 Å². The van der Waals surface area contributed by atoms with Crippen LogP contribution in [0.4, 0.5) is 0 Å². The zero-order chi connectivity index (χ0) is 18.1. The Balaban J connectivity index is 1.78. The van der Waals surface area contributed by atoms with Crippen molar-refractivity contribution >= 4 is 16.9 Å². The number of hydrogen-bond donors (Lipinski definition) is 0. The van der Waals surface area contributed by atoms with Crippen LogP contribution in [0.15, 0.2) is 53.7 Å². The van der Waals surface area contributed by atoms with Gasteiger partial charge in [-0.25, -0.2) is 4.98 Å². The number of hydrogen-bond acceptors (Lipinski definition) is 4. The number of amides is 1.